The molecule has 4 N–H and O–H groups in total. The van der Waals surface area contributed by atoms with E-state index >= 15 is 0 Å². The van der Waals surface area contributed by atoms with E-state index in [9.17, 15) is 0 Å². The molecule has 0 bridgehead atoms. The number of aliphatic hydroxyl groups is 1. The molecule has 3 nitrogen and oxygen atoms in total. The zero-order valence-corrected chi connectivity index (χ0v) is 10.5. The molecule has 0 fully saturated rings. The molecule has 1 rings (SSSR count). The lowest BCUT2D eigenvalue weighted by Gasteiger charge is -2.09. The summed E-state index contributed by atoms with van der Waals surface area (Å²) in [5.74, 6) is 2.05. The van der Waals surface area contributed by atoms with E-state index in [2.05, 4.69) is 11.4 Å². The van der Waals surface area contributed by atoms with Gasteiger partial charge in [0, 0.05) is 18.9 Å². The summed E-state index contributed by atoms with van der Waals surface area (Å²) in [5, 5.41) is 11.9. The van der Waals surface area contributed by atoms with Crippen LogP contribution in [0.15, 0.2) is 18.2 Å². The van der Waals surface area contributed by atoms with Crippen LogP contribution in [0.3, 0.4) is 0 Å². The molecule has 0 aliphatic heterocycles. The standard InChI is InChI=1S/C12H20N2OS/c1-10-3-4-12(11(13)9-10)14-5-8-16-7-2-6-15/h3-4,9,14-15H,2,5-8,13H2,1H3. The number of thioether (sulfide) groups is 1. The van der Waals surface area contributed by atoms with Gasteiger partial charge in [-0.1, -0.05) is 6.07 Å². The second-order valence-electron chi connectivity index (χ2n) is 3.71. The first-order valence-electron chi connectivity index (χ1n) is 5.52. The predicted octanol–water partition coefficient (Wildman–Crippen LogP) is 2.10. The van der Waals surface area contributed by atoms with E-state index in [1.807, 2.05) is 30.8 Å². The normalized spacial score (nSPS) is 10.4. The minimum atomic E-state index is 0.283. The van der Waals surface area contributed by atoms with Crippen LogP contribution in [-0.2, 0) is 0 Å². The van der Waals surface area contributed by atoms with Crippen molar-refractivity contribution in [1.82, 2.24) is 0 Å². The van der Waals surface area contributed by atoms with E-state index < -0.39 is 0 Å². The summed E-state index contributed by atoms with van der Waals surface area (Å²) in [6, 6.07) is 6.04. The van der Waals surface area contributed by atoms with Crippen molar-refractivity contribution in [3.8, 4) is 0 Å². The van der Waals surface area contributed by atoms with E-state index in [0.717, 1.165) is 35.8 Å². The molecule has 0 spiro atoms. The number of nitrogens with one attached hydrogen (secondary N) is 1. The van der Waals surface area contributed by atoms with E-state index in [1.54, 1.807) is 0 Å². The molecule has 90 valence electrons. The third-order valence-corrected chi connectivity index (χ3v) is 3.29. The van der Waals surface area contributed by atoms with Crippen LogP contribution in [0.4, 0.5) is 11.4 Å². The van der Waals surface area contributed by atoms with Gasteiger partial charge in [-0.15, -0.1) is 0 Å². The zero-order valence-electron chi connectivity index (χ0n) is 9.70. The van der Waals surface area contributed by atoms with Gasteiger partial charge in [0.2, 0.25) is 0 Å². The number of aliphatic hydroxyl groups excluding tert-OH is 1. The van der Waals surface area contributed by atoms with Crippen LogP contribution in [0, 0.1) is 6.92 Å². The number of nitrogen functional groups attached to an aromatic ring is 1. The molecule has 0 atom stereocenters. The fraction of sp³-hybridized carbons (Fsp3) is 0.500. The summed E-state index contributed by atoms with van der Waals surface area (Å²) in [6.45, 7) is 3.22. The molecule has 1 aromatic carbocycles. The smallest absolute Gasteiger partial charge is 0.0574 e. The van der Waals surface area contributed by atoms with E-state index in [4.69, 9.17) is 10.8 Å². The number of anilines is 2. The van der Waals surface area contributed by atoms with Crippen LogP contribution in [-0.4, -0.2) is 29.8 Å². The highest BCUT2D eigenvalue weighted by atomic mass is 32.2. The molecule has 0 aromatic heterocycles. The fourth-order valence-electron chi connectivity index (χ4n) is 1.37. The minimum absolute atomic E-state index is 0.283. The Morgan fingerprint density at radius 1 is 1.38 bits per heavy atom. The lowest BCUT2D eigenvalue weighted by Crippen LogP contribution is -2.06. The molecule has 16 heavy (non-hydrogen) atoms. The van der Waals surface area contributed by atoms with E-state index in [1.165, 1.54) is 5.56 Å². The van der Waals surface area contributed by atoms with E-state index in [-0.39, 0.29) is 6.61 Å². The Bertz CT molecular complexity index is 318. The Balaban J connectivity index is 2.21. The minimum Gasteiger partial charge on any atom is -0.397 e. The lowest BCUT2D eigenvalue weighted by atomic mass is 10.2. The first-order valence-corrected chi connectivity index (χ1v) is 6.68. The summed E-state index contributed by atoms with van der Waals surface area (Å²) >= 11 is 1.84. The molecule has 0 amide bonds. The van der Waals surface area contributed by atoms with Crippen LogP contribution in [0.2, 0.25) is 0 Å². The van der Waals surface area contributed by atoms with Crippen molar-refractivity contribution in [2.75, 3.05) is 35.7 Å². The third-order valence-electron chi connectivity index (χ3n) is 2.22. The number of rotatable bonds is 7. The topological polar surface area (TPSA) is 58.3 Å². The van der Waals surface area contributed by atoms with Gasteiger partial charge in [-0.25, -0.2) is 0 Å². The lowest BCUT2D eigenvalue weighted by molar-refractivity contribution is 0.296. The molecular weight excluding hydrogens is 220 g/mol. The molecule has 0 unspecified atom stereocenters. The first-order chi connectivity index (χ1) is 7.74. The maximum atomic E-state index is 8.62. The van der Waals surface area contributed by atoms with Crippen LogP contribution in [0.5, 0.6) is 0 Å². The zero-order chi connectivity index (χ0) is 11.8. The Labute approximate surface area is 101 Å². The van der Waals surface area contributed by atoms with Gasteiger partial charge in [0.15, 0.2) is 0 Å². The molecule has 0 aliphatic rings. The summed E-state index contributed by atoms with van der Waals surface area (Å²) in [5.41, 5.74) is 8.88. The van der Waals surface area contributed by atoms with Crippen LogP contribution in [0.1, 0.15) is 12.0 Å². The Hall–Kier alpha value is -0.870. The molecule has 0 aliphatic carbocycles. The molecule has 0 heterocycles. The average Bonchev–Trinajstić information content (AvgIpc) is 2.26. The van der Waals surface area contributed by atoms with Gasteiger partial charge in [-0.2, -0.15) is 11.8 Å². The maximum Gasteiger partial charge on any atom is 0.0574 e. The Morgan fingerprint density at radius 2 is 2.19 bits per heavy atom. The van der Waals surface area contributed by atoms with Gasteiger partial charge in [0.25, 0.3) is 0 Å². The Kier molecular flexibility index (Phi) is 6.11. The molecule has 0 saturated carbocycles. The molecular formula is C12H20N2OS. The number of hydrogen-bond donors (Lipinski definition) is 3. The van der Waals surface area contributed by atoms with Crippen molar-refractivity contribution >= 4 is 23.1 Å². The van der Waals surface area contributed by atoms with E-state index in [0.29, 0.717) is 0 Å². The van der Waals surface area contributed by atoms with Gasteiger partial charge >= 0.3 is 0 Å². The van der Waals surface area contributed by atoms with Gasteiger partial charge in [0.1, 0.15) is 0 Å². The van der Waals surface area contributed by atoms with Crippen LogP contribution in [0.25, 0.3) is 0 Å². The van der Waals surface area contributed by atoms with Crippen molar-refractivity contribution in [1.29, 1.82) is 0 Å². The van der Waals surface area contributed by atoms with Gasteiger partial charge in [0.05, 0.1) is 11.4 Å². The molecule has 1 aromatic rings. The van der Waals surface area contributed by atoms with Gasteiger partial charge in [-0.05, 0) is 36.8 Å². The van der Waals surface area contributed by atoms with Crippen LogP contribution < -0.4 is 11.1 Å². The third kappa shape index (κ3) is 4.77. The van der Waals surface area contributed by atoms with Gasteiger partial charge < -0.3 is 16.2 Å². The van der Waals surface area contributed by atoms with Crippen molar-refractivity contribution < 1.29 is 5.11 Å². The second kappa shape index (κ2) is 7.41. The quantitative estimate of drug-likeness (QED) is 0.504. The highest BCUT2D eigenvalue weighted by molar-refractivity contribution is 7.99. The summed E-state index contributed by atoms with van der Waals surface area (Å²) < 4.78 is 0. The number of benzene rings is 1. The summed E-state index contributed by atoms with van der Waals surface area (Å²) in [7, 11) is 0. The molecule has 4 heteroatoms. The Morgan fingerprint density at radius 3 is 2.88 bits per heavy atom. The average molecular weight is 240 g/mol. The second-order valence-corrected chi connectivity index (χ2v) is 4.93. The summed E-state index contributed by atoms with van der Waals surface area (Å²) in [4.78, 5) is 0. The highest BCUT2D eigenvalue weighted by Crippen LogP contribution is 2.19. The van der Waals surface area contributed by atoms with Crippen molar-refractivity contribution in [3.05, 3.63) is 23.8 Å². The van der Waals surface area contributed by atoms with Gasteiger partial charge in [-0.3, -0.25) is 0 Å². The maximum absolute atomic E-state index is 8.62. The molecule has 0 saturated heterocycles. The predicted molar refractivity (Wildman–Crippen MR) is 73.1 cm³/mol. The first kappa shape index (κ1) is 13.2. The largest absolute Gasteiger partial charge is 0.397 e. The fourth-order valence-corrected chi connectivity index (χ4v) is 2.15. The van der Waals surface area contributed by atoms with Crippen molar-refractivity contribution in [3.63, 3.8) is 0 Å². The van der Waals surface area contributed by atoms with Crippen molar-refractivity contribution in [2.24, 2.45) is 0 Å². The highest BCUT2D eigenvalue weighted by Gasteiger charge is 1.97. The number of nitrogens with two attached hydrogens (primary N) is 1. The number of aryl methyl sites for hydroxylation is 1. The number of hydrogen-bond acceptors (Lipinski definition) is 4. The molecule has 0 radical (unpaired) electrons. The van der Waals surface area contributed by atoms with Crippen molar-refractivity contribution in [2.45, 2.75) is 13.3 Å². The SMILES string of the molecule is Cc1ccc(NCCSCCCO)c(N)c1. The van der Waals surface area contributed by atoms with Crippen LogP contribution >= 0.6 is 11.8 Å². The monoisotopic (exact) mass is 240 g/mol. The summed E-state index contributed by atoms with van der Waals surface area (Å²) in [6.07, 6.45) is 0.872.